The SMILES string of the molecule is CCn1cc(S(=O)(=O)N2CCC(C)(CN)C2)c([N+](=O)[O-])n1. The van der Waals surface area contributed by atoms with Crippen LogP contribution in [0.5, 0.6) is 0 Å². The first kappa shape index (κ1) is 15.9. The first-order chi connectivity index (χ1) is 9.73. The van der Waals surface area contributed by atoms with E-state index in [1.807, 2.05) is 6.92 Å². The van der Waals surface area contributed by atoms with Crippen molar-refractivity contribution in [2.45, 2.75) is 31.7 Å². The third-order valence-corrected chi connectivity index (χ3v) is 5.68. The molecule has 118 valence electrons. The minimum absolute atomic E-state index is 0.264. The first-order valence-corrected chi connectivity index (χ1v) is 8.09. The molecule has 1 unspecified atom stereocenters. The van der Waals surface area contributed by atoms with Gasteiger partial charge in [0.05, 0.1) is 17.8 Å². The summed E-state index contributed by atoms with van der Waals surface area (Å²) in [5.41, 5.74) is 5.38. The van der Waals surface area contributed by atoms with E-state index >= 15 is 0 Å². The molecule has 1 fully saturated rings. The average Bonchev–Trinajstić information content (AvgIpc) is 3.03. The number of nitro groups is 1. The van der Waals surface area contributed by atoms with E-state index in [-0.39, 0.29) is 16.9 Å². The molecule has 1 aromatic rings. The number of nitrogens with zero attached hydrogens (tertiary/aromatic N) is 4. The van der Waals surface area contributed by atoms with E-state index in [9.17, 15) is 18.5 Å². The van der Waals surface area contributed by atoms with Gasteiger partial charge in [-0.15, -0.1) is 0 Å². The number of aryl methyl sites for hydroxylation is 1. The highest BCUT2D eigenvalue weighted by molar-refractivity contribution is 7.89. The first-order valence-electron chi connectivity index (χ1n) is 6.65. The molecule has 0 saturated carbocycles. The van der Waals surface area contributed by atoms with Crippen molar-refractivity contribution in [1.82, 2.24) is 14.1 Å². The van der Waals surface area contributed by atoms with Gasteiger partial charge >= 0.3 is 5.82 Å². The molecule has 1 saturated heterocycles. The fourth-order valence-corrected chi connectivity index (χ4v) is 4.05. The lowest BCUT2D eigenvalue weighted by Gasteiger charge is -2.21. The van der Waals surface area contributed by atoms with Gasteiger partial charge in [0.15, 0.2) is 0 Å². The van der Waals surface area contributed by atoms with E-state index in [1.165, 1.54) is 15.2 Å². The van der Waals surface area contributed by atoms with Gasteiger partial charge < -0.3 is 15.8 Å². The van der Waals surface area contributed by atoms with Crippen LogP contribution in [-0.4, -0.2) is 47.1 Å². The van der Waals surface area contributed by atoms with Gasteiger partial charge in [-0.05, 0) is 30.2 Å². The van der Waals surface area contributed by atoms with E-state index in [0.29, 0.717) is 26.1 Å². The van der Waals surface area contributed by atoms with E-state index in [1.54, 1.807) is 6.92 Å². The fourth-order valence-electron chi connectivity index (χ4n) is 2.35. The van der Waals surface area contributed by atoms with Crippen molar-refractivity contribution < 1.29 is 13.3 Å². The molecule has 0 bridgehead atoms. The van der Waals surface area contributed by atoms with Gasteiger partial charge in [-0.25, -0.2) is 8.42 Å². The summed E-state index contributed by atoms with van der Waals surface area (Å²) in [6, 6.07) is 0. The molecular weight excluding hydrogens is 298 g/mol. The zero-order chi connectivity index (χ0) is 15.8. The Morgan fingerprint density at radius 3 is 2.71 bits per heavy atom. The van der Waals surface area contributed by atoms with E-state index in [2.05, 4.69) is 5.10 Å². The highest BCUT2D eigenvalue weighted by Crippen LogP contribution is 2.34. The predicted octanol–water partition coefficient (Wildman–Crippen LogP) is 0.171. The molecule has 1 aromatic heterocycles. The van der Waals surface area contributed by atoms with Crippen LogP contribution in [0.25, 0.3) is 0 Å². The van der Waals surface area contributed by atoms with Gasteiger partial charge in [-0.3, -0.25) is 0 Å². The predicted molar refractivity (Wildman–Crippen MR) is 75.1 cm³/mol. The molecule has 1 aliphatic heterocycles. The quantitative estimate of drug-likeness (QED) is 0.609. The summed E-state index contributed by atoms with van der Waals surface area (Å²) >= 11 is 0. The van der Waals surface area contributed by atoms with Crippen LogP contribution in [0.1, 0.15) is 20.3 Å². The summed E-state index contributed by atoms with van der Waals surface area (Å²) in [7, 11) is -3.93. The lowest BCUT2D eigenvalue weighted by molar-refractivity contribution is -0.392. The molecule has 1 atom stereocenters. The third kappa shape index (κ3) is 2.78. The third-order valence-electron chi connectivity index (χ3n) is 3.84. The van der Waals surface area contributed by atoms with Crippen molar-refractivity contribution in [1.29, 1.82) is 0 Å². The maximum absolute atomic E-state index is 12.6. The van der Waals surface area contributed by atoms with Gasteiger partial charge in [0.25, 0.3) is 10.0 Å². The highest BCUT2D eigenvalue weighted by atomic mass is 32.2. The molecule has 1 aliphatic rings. The van der Waals surface area contributed by atoms with E-state index in [4.69, 9.17) is 5.73 Å². The molecule has 0 aromatic carbocycles. The Labute approximate surface area is 122 Å². The highest BCUT2D eigenvalue weighted by Gasteiger charge is 2.42. The van der Waals surface area contributed by atoms with Crippen LogP contribution in [0, 0.1) is 15.5 Å². The van der Waals surface area contributed by atoms with Gasteiger partial charge in [0.2, 0.25) is 4.90 Å². The molecule has 21 heavy (non-hydrogen) atoms. The molecule has 0 aliphatic carbocycles. The Hall–Kier alpha value is -1.52. The second-order valence-electron chi connectivity index (χ2n) is 5.53. The van der Waals surface area contributed by atoms with Crippen LogP contribution in [0.3, 0.4) is 0 Å². The normalized spacial score (nSPS) is 23.6. The molecule has 2 N–H and O–H groups in total. The molecule has 10 heteroatoms. The lowest BCUT2D eigenvalue weighted by atomic mass is 9.90. The summed E-state index contributed by atoms with van der Waals surface area (Å²) < 4.78 is 27.7. The minimum Gasteiger partial charge on any atom is -0.358 e. The molecular formula is C11H19N5O4S. The topological polar surface area (TPSA) is 124 Å². The number of sulfonamides is 1. The van der Waals surface area contributed by atoms with E-state index < -0.39 is 20.8 Å². The maximum Gasteiger partial charge on any atom is 0.410 e. The molecule has 2 rings (SSSR count). The Morgan fingerprint density at radius 1 is 1.57 bits per heavy atom. The van der Waals surface area contributed by atoms with Crippen LogP contribution in [0.4, 0.5) is 5.82 Å². The zero-order valence-corrected chi connectivity index (χ0v) is 12.8. The summed E-state index contributed by atoms with van der Waals surface area (Å²) in [6.07, 6.45) is 1.85. The van der Waals surface area contributed by atoms with Crippen molar-refractivity contribution in [3.63, 3.8) is 0 Å². The largest absolute Gasteiger partial charge is 0.410 e. The molecule has 0 radical (unpaired) electrons. The Kier molecular flexibility index (Phi) is 4.04. The molecule has 9 nitrogen and oxygen atoms in total. The summed E-state index contributed by atoms with van der Waals surface area (Å²) in [5.74, 6) is -0.627. The number of rotatable bonds is 5. The lowest BCUT2D eigenvalue weighted by Crippen LogP contribution is -2.34. The Balaban J connectivity index is 2.41. The van der Waals surface area contributed by atoms with Crippen LogP contribution in [0.15, 0.2) is 11.1 Å². The van der Waals surface area contributed by atoms with Gasteiger partial charge in [0, 0.05) is 13.1 Å². The summed E-state index contributed by atoms with van der Waals surface area (Å²) in [6.45, 7) is 4.94. The maximum atomic E-state index is 12.6. The number of hydrogen-bond acceptors (Lipinski definition) is 6. The van der Waals surface area contributed by atoms with Crippen LogP contribution in [-0.2, 0) is 16.6 Å². The summed E-state index contributed by atoms with van der Waals surface area (Å²) in [4.78, 5) is 9.90. The van der Waals surface area contributed by atoms with Gasteiger partial charge in [-0.2, -0.15) is 8.99 Å². The van der Waals surface area contributed by atoms with Gasteiger partial charge in [0.1, 0.15) is 0 Å². The van der Waals surface area contributed by atoms with Crippen molar-refractivity contribution >= 4 is 15.8 Å². The zero-order valence-electron chi connectivity index (χ0n) is 12.0. The second kappa shape index (κ2) is 5.35. The second-order valence-corrected chi connectivity index (χ2v) is 7.44. The number of hydrogen-bond donors (Lipinski definition) is 1. The molecule has 2 heterocycles. The Bertz CT molecular complexity index is 656. The fraction of sp³-hybridized carbons (Fsp3) is 0.727. The molecule has 0 amide bonds. The molecule has 0 spiro atoms. The number of nitrogens with two attached hydrogens (primary N) is 1. The van der Waals surface area contributed by atoms with Crippen LogP contribution < -0.4 is 5.73 Å². The van der Waals surface area contributed by atoms with E-state index in [0.717, 1.165) is 0 Å². The number of aromatic nitrogens is 2. The summed E-state index contributed by atoms with van der Waals surface area (Å²) in [5, 5.41) is 14.7. The Morgan fingerprint density at radius 2 is 2.24 bits per heavy atom. The van der Waals surface area contributed by atoms with Crippen molar-refractivity contribution in [3.8, 4) is 0 Å². The monoisotopic (exact) mass is 317 g/mol. The van der Waals surface area contributed by atoms with Crippen LogP contribution >= 0.6 is 0 Å². The van der Waals surface area contributed by atoms with Crippen LogP contribution in [0.2, 0.25) is 0 Å². The minimum atomic E-state index is -3.93. The van der Waals surface area contributed by atoms with Crippen molar-refractivity contribution in [2.24, 2.45) is 11.1 Å². The average molecular weight is 317 g/mol. The van der Waals surface area contributed by atoms with Crippen molar-refractivity contribution in [2.75, 3.05) is 19.6 Å². The standard InChI is InChI=1S/C11H19N5O4S/c1-3-14-6-9(10(13-14)16(17)18)21(19,20)15-5-4-11(2,7-12)8-15/h6H,3-5,7-8,12H2,1-2H3. The van der Waals surface area contributed by atoms with Gasteiger partial charge in [-0.1, -0.05) is 6.92 Å². The van der Waals surface area contributed by atoms with Crippen molar-refractivity contribution in [3.05, 3.63) is 16.3 Å². The smallest absolute Gasteiger partial charge is 0.358 e.